The van der Waals surface area contributed by atoms with E-state index >= 15 is 0 Å². The minimum absolute atomic E-state index is 0.159. The fourth-order valence-corrected chi connectivity index (χ4v) is 1.71. The lowest BCUT2D eigenvalue weighted by Gasteiger charge is -2.29. The first kappa shape index (κ1) is 10.8. The Bertz CT molecular complexity index is 456. The summed E-state index contributed by atoms with van der Waals surface area (Å²) in [6.45, 7) is 0.502. The molecule has 1 fully saturated rings. The van der Waals surface area contributed by atoms with Crippen LogP contribution in [0.4, 0.5) is 10.5 Å². The van der Waals surface area contributed by atoms with Gasteiger partial charge >= 0.3 is 6.09 Å². The molecule has 0 N–H and O–H groups in total. The number of carbonyl (C=O) groups is 1. The number of nitriles is 1. The number of ether oxygens (including phenoxy) is 1. The lowest BCUT2D eigenvalue weighted by molar-refractivity contribution is 0.127. The van der Waals surface area contributed by atoms with Crippen molar-refractivity contribution in [3.8, 4) is 6.07 Å². The van der Waals surface area contributed by atoms with Gasteiger partial charge in [0, 0.05) is 17.3 Å². The molecule has 1 saturated heterocycles. The smallest absolute Gasteiger partial charge is 0.414 e. The largest absolute Gasteiger partial charge is 0.448 e. The summed E-state index contributed by atoms with van der Waals surface area (Å²) in [5, 5.41) is 9.35. The standard InChI is InChI=1S/C11H9ClN2O2/c12-9-2-1-3-10(4-9)14-6-8(5-13)7-16-11(14)15/h1-4,8H,6-7H2. The molecule has 2 rings (SSSR count). The second kappa shape index (κ2) is 4.42. The molecule has 0 aliphatic carbocycles. The fraction of sp³-hybridized carbons (Fsp3) is 0.273. The molecule has 1 aromatic rings. The van der Waals surface area contributed by atoms with Crippen molar-refractivity contribution in [2.75, 3.05) is 18.1 Å². The lowest BCUT2D eigenvalue weighted by Crippen LogP contribution is -2.42. The number of benzene rings is 1. The van der Waals surface area contributed by atoms with E-state index in [1.165, 1.54) is 4.90 Å². The molecule has 1 atom stereocenters. The number of hydrogen-bond acceptors (Lipinski definition) is 3. The minimum Gasteiger partial charge on any atom is -0.448 e. The Morgan fingerprint density at radius 2 is 2.38 bits per heavy atom. The lowest BCUT2D eigenvalue weighted by atomic mass is 10.1. The molecule has 1 heterocycles. The number of rotatable bonds is 1. The van der Waals surface area contributed by atoms with Crippen LogP contribution >= 0.6 is 11.6 Å². The van der Waals surface area contributed by atoms with Gasteiger partial charge in [0.2, 0.25) is 0 Å². The third-order valence-corrected chi connectivity index (χ3v) is 2.57. The zero-order chi connectivity index (χ0) is 11.5. The molecule has 82 valence electrons. The van der Waals surface area contributed by atoms with Gasteiger partial charge in [-0.15, -0.1) is 0 Å². The second-order valence-corrected chi connectivity index (χ2v) is 3.93. The number of nitrogens with zero attached hydrogens (tertiary/aromatic N) is 2. The Morgan fingerprint density at radius 1 is 1.56 bits per heavy atom. The maximum Gasteiger partial charge on any atom is 0.414 e. The predicted octanol–water partition coefficient (Wildman–Crippen LogP) is 2.44. The van der Waals surface area contributed by atoms with Crippen LogP contribution in [-0.4, -0.2) is 19.2 Å². The van der Waals surface area contributed by atoms with E-state index in [0.717, 1.165) is 0 Å². The average Bonchev–Trinajstić information content (AvgIpc) is 2.30. The Hall–Kier alpha value is -1.73. The van der Waals surface area contributed by atoms with E-state index in [4.69, 9.17) is 21.6 Å². The van der Waals surface area contributed by atoms with Crippen molar-refractivity contribution >= 4 is 23.4 Å². The maximum atomic E-state index is 11.5. The molecule has 0 spiro atoms. The molecule has 0 radical (unpaired) electrons. The molecule has 1 amide bonds. The van der Waals surface area contributed by atoms with Gasteiger partial charge in [-0.25, -0.2) is 4.79 Å². The summed E-state index contributed by atoms with van der Waals surface area (Å²) in [5.41, 5.74) is 0.650. The average molecular weight is 237 g/mol. The van der Waals surface area contributed by atoms with E-state index in [1.807, 2.05) is 0 Å². The molecule has 1 aliphatic heterocycles. The van der Waals surface area contributed by atoms with Crippen molar-refractivity contribution in [1.29, 1.82) is 5.26 Å². The van der Waals surface area contributed by atoms with Crippen LogP contribution in [0, 0.1) is 17.2 Å². The molecule has 0 bridgehead atoms. The van der Waals surface area contributed by atoms with E-state index in [-0.39, 0.29) is 12.5 Å². The zero-order valence-electron chi connectivity index (χ0n) is 8.39. The summed E-state index contributed by atoms with van der Waals surface area (Å²) in [7, 11) is 0. The van der Waals surface area contributed by atoms with Gasteiger partial charge in [0.05, 0.1) is 12.0 Å². The summed E-state index contributed by atoms with van der Waals surface area (Å²) >= 11 is 5.84. The summed E-state index contributed by atoms with van der Waals surface area (Å²) in [4.78, 5) is 12.9. The predicted molar refractivity (Wildman–Crippen MR) is 59.2 cm³/mol. The van der Waals surface area contributed by atoms with Gasteiger partial charge in [-0.1, -0.05) is 17.7 Å². The van der Waals surface area contributed by atoms with Crippen molar-refractivity contribution in [3.05, 3.63) is 29.3 Å². The first-order chi connectivity index (χ1) is 7.70. The number of halogens is 1. The molecule has 1 aliphatic rings. The van der Waals surface area contributed by atoms with Gasteiger partial charge in [0.25, 0.3) is 0 Å². The Labute approximate surface area is 98.0 Å². The highest BCUT2D eigenvalue weighted by atomic mass is 35.5. The van der Waals surface area contributed by atoms with Crippen LogP contribution in [0.1, 0.15) is 0 Å². The molecular formula is C11H9ClN2O2. The van der Waals surface area contributed by atoms with E-state index in [2.05, 4.69) is 6.07 Å². The highest BCUT2D eigenvalue weighted by molar-refractivity contribution is 6.30. The molecule has 5 heteroatoms. The Balaban J connectivity index is 2.25. The van der Waals surface area contributed by atoms with E-state index < -0.39 is 6.09 Å². The fourth-order valence-electron chi connectivity index (χ4n) is 1.53. The Morgan fingerprint density at radius 3 is 3.06 bits per heavy atom. The highest BCUT2D eigenvalue weighted by Crippen LogP contribution is 2.23. The van der Waals surface area contributed by atoms with E-state index in [1.54, 1.807) is 24.3 Å². The number of hydrogen-bond donors (Lipinski definition) is 0. The van der Waals surface area contributed by atoms with Crippen LogP contribution in [0.2, 0.25) is 5.02 Å². The first-order valence-electron chi connectivity index (χ1n) is 4.80. The number of carbonyl (C=O) groups excluding carboxylic acids is 1. The SMILES string of the molecule is N#CC1COC(=O)N(c2cccc(Cl)c2)C1. The molecule has 1 aromatic carbocycles. The van der Waals surface area contributed by atoms with Crippen LogP contribution in [0.3, 0.4) is 0 Å². The van der Waals surface area contributed by atoms with E-state index in [9.17, 15) is 4.79 Å². The van der Waals surface area contributed by atoms with Crippen molar-refractivity contribution in [2.24, 2.45) is 5.92 Å². The monoisotopic (exact) mass is 236 g/mol. The summed E-state index contributed by atoms with van der Waals surface area (Å²) in [6, 6.07) is 8.99. The van der Waals surface area contributed by atoms with Crippen LogP contribution in [-0.2, 0) is 4.74 Å². The van der Waals surface area contributed by atoms with Gasteiger partial charge in [0.1, 0.15) is 6.61 Å². The van der Waals surface area contributed by atoms with Crippen molar-refractivity contribution < 1.29 is 9.53 Å². The molecular weight excluding hydrogens is 228 g/mol. The molecule has 0 aromatic heterocycles. The molecule has 16 heavy (non-hydrogen) atoms. The van der Waals surface area contributed by atoms with Crippen LogP contribution < -0.4 is 4.90 Å². The highest BCUT2D eigenvalue weighted by Gasteiger charge is 2.28. The second-order valence-electron chi connectivity index (χ2n) is 3.49. The van der Waals surface area contributed by atoms with Crippen LogP contribution in [0.25, 0.3) is 0 Å². The Kier molecular flexibility index (Phi) is 2.97. The third kappa shape index (κ3) is 2.10. The summed E-state index contributed by atoms with van der Waals surface area (Å²) < 4.78 is 4.91. The quantitative estimate of drug-likeness (QED) is 0.753. The molecule has 0 saturated carbocycles. The van der Waals surface area contributed by atoms with Gasteiger partial charge in [-0.2, -0.15) is 5.26 Å². The van der Waals surface area contributed by atoms with Crippen LogP contribution in [0.5, 0.6) is 0 Å². The van der Waals surface area contributed by atoms with Gasteiger partial charge < -0.3 is 4.74 Å². The minimum atomic E-state index is -0.436. The summed E-state index contributed by atoms with van der Waals surface area (Å²) in [6.07, 6.45) is -0.436. The van der Waals surface area contributed by atoms with Gasteiger partial charge in [-0.05, 0) is 18.2 Å². The number of anilines is 1. The summed E-state index contributed by atoms with van der Waals surface area (Å²) in [5.74, 6) is -0.295. The normalized spacial score (nSPS) is 20.1. The van der Waals surface area contributed by atoms with Crippen molar-refractivity contribution in [1.82, 2.24) is 0 Å². The van der Waals surface area contributed by atoms with Crippen molar-refractivity contribution in [2.45, 2.75) is 0 Å². The van der Waals surface area contributed by atoms with Gasteiger partial charge in [-0.3, -0.25) is 4.90 Å². The maximum absolute atomic E-state index is 11.5. The third-order valence-electron chi connectivity index (χ3n) is 2.33. The number of cyclic esters (lactones) is 1. The van der Waals surface area contributed by atoms with Crippen molar-refractivity contribution in [3.63, 3.8) is 0 Å². The number of amides is 1. The topological polar surface area (TPSA) is 53.3 Å². The van der Waals surface area contributed by atoms with E-state index in [0.29, 0.717) is 17.3 Å². The molecule has 4 nitrogen and oxygen atoms in total. The molecule has 1 unspecified atom stereocenters. The first-order valence-corrected chi connectivity index (χ1v) is 5.18. The van der Waals surface area contributed by atoms with Gasteiger partial charge in [0.15, 0.2) is 0 Å². The van der Waals surface area contributed by atoms with Crippen LogP contribution in [0.15, 0.2) is 24.3 Å². The zero-order valence-corrected chi connectivity index (χ0v) is 9.15.